The summed E-state index contributed by atoms with van der Waals surface area (Å²) in [5, 5.41) is 23.2. The van der Waals surface area contributed by atoms with Gasteiger partial charge in [-0.2, -0.15) is 4.80 Å². The van der Waals surface area contributed by atoms with Gasteiger partial charge in [0.05, 0.1) is 24.2 Å². The maximum Gasteiger partial charge on any atom is 0.327 e. The van der Waals surface area contributed by atoms with Crippen LogP contribution in [0.2, 0.25) is 0 Å². The first-order chi connectivity index (χ1) is 14.1. The Labute approximate surface area is 173 Å². The number of esters is 1. The van der Waals surface area contributed by atoms with Crippen molar-refractivity contribution in [1.29, 1.82) is 0 Å². The fraction of sp³-hybridized carbons (Fsp3) is 0.438. The van der Waals surface area contributed by atoms with Gasteiger partial charge >= 0.3 is 5.97 Å². The predicted octanol–water partition coefficient (Wildman–Crippen LogP) is 1.65. The molecule has 0 saturated carbocycles. The lowest BCUT2D eigenvalue weighted by molar-refractivity contribution is -0.144. The molecule has 0 fully saturated rings. The number of aryl methyl sites for hydroxylation is 1. The largest absolute Gasteiger partial charge is 0.492 e. The minimum absolute atomic E-state index is 0.141. The van der Waals surface area contributed by atoms with E-state index in [0.717, 1.165) is 6.42 Å². The average molecular weight is 469 g/mol. The molecule has 2 aromatic heterocycles. The molecule has 0 aliphatic heterocycles. The van der Waals surface area contributed by atoms with Gasteiger partial charge in [0.15, 0.2) is 0 Å². The quantitative estimate of drug-likeness (QED) is 0.322. The highest BCUT2D eigenvalue weighted by atomic mass is 79.9. The van der Waals surface area contributed by atoms with E-state index < -0.39 is 5.97 Å². The Morgan fingerprint density at radius 3 is 2.93 bits per heavy atom. The monoisotopic (exact) mass is 468 g/mol. The van der Waals surface area contributed by atoms with Crippen LogP contribution >= 0.6 is 15.9 Å². The molecule has 0 spiro atoms. The number of carbonyl (C=O) groups excluding carboxylic acids is 1. The second-order valence-corrected chi connectivity index (χ2v) is 6.66. The summed E-state index contributed by atoms with van der Waals surface area (Å²) >= 11 is 3.32. The number of ether oxygens (including phenoxy) is 2. The molecule has 0 N–H and O–H groups in total. The number of tetrazole rings is 2. The number of unbranched alkanes of at least 4 members (excludes halogenated alkanes) is 1. The first-order valence-electron chi connectivity index (χ1n) is 8.84. The van der Waals surface area contributed by atoms with Crippen LogP contribution in [-0.4, -0.2) is 59.6 Å². The molecule has 0 amide bonds. The fourth-order valence-electron chi connectivity index (χ4n) is 2.35. The van der Waals surface area contributed by atoms with Gasteiger partial charge < -0.3 is 9.47 Å². The van der Waals surface area contributed by atoms with E-state index in [9.17, 15) is 9.18 Å². The highest BCUT2D eigenvalue weighted by Gasteiger charge is 2.17. The smallest absolute Gasteiger partial charge is 0.327 e. The maximum absolute atomic E-state index is 13.2. The van der Waals surface area contributed by atoms with Crippen LogP contribution in [0.5, 0.6) is 5.75 Å². The summed E-state index contributed by atoms with van der Waals surface area (Å²) in [7, 11) is 0. The van der Waals surface area contributed by atoms with Crippen molar-refractivity contribution in [2.75, 3.05) is 13.2 Å². The minimum Gasteiger partial charge on any atom is -0.492 e. The van der Waals surface area contributed by atoms with Gasteiger partial charge in [-0.05, 0) is 63.5 Å². The van der Waals surface area contributed by atoms with Crippen molar-refractivity contribution in [3.8, 4) is 17.4 Å². The van der Waals surface area contributed by atoms with E-state index >= 15 is 0 Å². The second-order valence-electron chi connectivity index (χ2n) is 5.80. The summed E-state index contributed by atoms with van der Waals surface area (Å²) < 4.78 is 25.6. The highest BCUT2D eigenvalue weighted by molar-refractivity contribution is 9.10. The second kappa shape index (κ2) is 10.0. The van der Waals surface area contributed by atoms with Crippen molar-refractivity contribution in [2.24, 2.45) is 0 Å². The van der Waals surface area contributed by atoms with Crippen LogP contribution in [-0.2, 0) is 22.6 Å². The van der Waals surface area contributed by atoms with Crippen molar-refractivity contribution in [2.45, 2.75) is 32.9 Å². The van der Waals surface area contributed by atoms with Crippen molar-refractivity contribution >= 4 is 21.9 Å². The van der Waals surface area contributed by atoms with Gasteiger partial charge in [0.1, 0.15) is 18.1 Å². The van der Waals surface area contributed by atoms with Gasteiger partial charge in [-0.25, -0.2) is 9.07 Å². The van der Waals surface area contributed by atoms with E-state index in [0.29, 0.717) is 29.8 Å². The molecule has 1 aromatic carbocycles. The average Bonchev–Trinajstić information content (AvgIpc) is 3.33. The summed E-state index contributed by atoms with van der Waals surface area (Å²) in [5.74, 6) is 0.0775. The summed E-state index contributed by atoms with van der Waals surface area (Å²) in [6, 6.07) is 4.28. The van der Waals surface area contributed by atoms with E-state index in [-0.39, 0.29) is 30.6 Å². The van der Waals surface area contributed by atoms with Crippen LogP contribution in [0.25, 0.3) is 11.6 Å². The number of aromatic nitrogens is 8. The number of carbonyl (C=O) groups is 1. The number of benzene rings is 1. The molecular weight excluding hydrogens is 451 g/mol. The Morgan fingerprint density at radius 1 is 1.24 bits per heavy atom. The van der Waals surface area contributed by atoms with Gasteiger partial charge in [0, 0.05) is 6.07 Å². The third-order valence-electron chi connectivity index (χ3n) is 3.67. The van der Waals surface area contributed by atoms with Crippen molar-refractivity contribution < 1.29 is 18.7 Å². The van der Waals surface area contributed by atoms with Crippen molar-refractivity contribution in [1.82, 2.24) is 40.4 Å². The number of nitrogens with zero attached hydrogens (tertiary/aromatic N) is 8. The van der Waals surface area contributed by atoms with Gasteiger partial charge in [-0.3, -0.25) is 4.79 Å². The van der Waals surface area contributed by atoms with E-state index in [1.165, 1.54) is 21.6 Å². The summed E-state index contributed by atoms with van der Waals surface area (Å²) in [6.45, 7) is 2.76. The zero-order valence-electron chi connectivity index (χ0n) is 15.5. The highest BCUT2D eigenvalue weighted by Crippen LogP contribution is 2.25. The molecule has 0 atom stereocenters. The van der Waals surface area contributed by atoms with Crippen molar-refractivity contribution in [3.63, 3.8) is 0 Å². The maximum atomic E-state index is 13.2. The molecule has 29 heavy (non-hydrogen) atoms. The van der Waals surface area contributed by atoms with E-state index in [1.807, 2.05) is 0 Å². The lowest BCUT2D eigenvalue weighted by Gasteiger charge is -2.07. The summed E-state index contributed by atoms with van der Waals surface area (Å²) in [4.78, 5) is 13.0. The lowest BCUT2D eigenvalue weighted by Crippen LogP contribution is -2.16. The van der Waals surface area contributed by atoms with Gasteiger partial charge in [0.25, 0.3) is 0 Å². The Balaban J connectivity index is 1.48. The Hall–Kier alpha value is -2.96. The zero-order chi connectivity index (χ0) is 20.6. The fourth-order valence-corrected chi connectivity index (χ4v) is 2.71. The normalized spacial score (nSPS) is 10.9. The molecule has 0 radical (unpaired) electrons. The standard InChI is InChI=1S/C16H18BrFN8O3/c1-2-28-14(27)10-25-16(20-22-24-25)15-19-23-26(21-15)7-3-4-8-29-13-9-11(18)5-6-12(13)17/h5-6,9H,2-4,7-8,10H2,1H3. The minimum atomic E-state index is -0.460. The van der Waals surface area contributed by atoms with Crippen LogP contribution in [0.3, 0.4) is 0 Å². The number of halogens is 2. The molecule has 2 heterocycles. The van der Waals surface area contributed by atoms with E-state index in [1.54, 1.807) is 13.0 Å². The molecule has 3 aromatic rings. The molecular formula is C16H18BrFN8O3. The van der Waals surface area contributed by atoms with Crippen LogP contribution in [0.15, 0.2) is 22.7 Å². The van der Waals surface area contributed by atoms with Crippen LogP contribution in [0, 0.1) is 5.82 Å². The third kappa shape index (κ3) is 5.76. The molecule has 0 saturated heterocycles. The van der Waals surface area contributed by atoms with Gasteiger partial charge in [0.2, 0.25) is 11.6 Å². The molecule has 11 nitrogen and oxygen atoms in total. The first kappa shape index (κ1) is 20.8. The summed E-state index contributed by atoms with van der Waals surface area (Å²) in [6.07, 6.45) is 1.43. The molecule has 3 rings (SSSR count). The number of hydrogen-bond donors (Lipinski definition) is 0. The van der Waals surface area contributed by atoms with Crippen LogP contribution < -0.4 is 4.74 Å². The first-order valence-corrected chi connectivity index (χ1v) is 9.64. The summed E-state index contributed by atoms with van der Waals surface area (Å²) in [5.41, 5.74) is 0. The molecule has 0 aliphatic carbocycles. The molecule has 0 aliphatic rings. The number of rotatable bonds is 10. The SMILES string of the molecule is CCOC(=O)Cn1nnnc1-c1nnn(CCCCOc2cc(F)ccc2Br)n1. The van der Waals surface area contributed by atoms with Gasteiger partial charge in [-0.15, -0.1) is 15.3 Å². The zero-order valence-corrected chi connectivity index (χ0v) is 17.1. The van der Waals surface area contributed by atoms with E-state index in [2.05, 4.69) is 46.9 Å². The number of hydrogen-bond acceptors (Lipinski definition) is 9. The Bertz CT molecular complexity index is 963. The Kier molecular flexibility index (Phi) is 7.16. The third-order valence-corrected chi connectivity index (χ3v) is 4.33. The Morgan fingerprint density at radius 2 is 2.10 bits per heavy atom. The molecule has 154 valence electrons. The van der Waals surface area contributed by atoms with Crippen molar-refractivity contribution in [3.05, 3.63) is 28.5 Å². The molecule has 0 unspecified atom stereocenters. The van der Waals surface area contributed by atoms with Crippen LogP contribution in [0.4, 0.5) is 4.39 Å². The van der Waals surface area contributed by atoms with E-state index in [4.69, 9.17) is 9.47 Å². The lowest BCUT2D eigenvalue weighted by atomic mass is 10.3. The topological polar surface area (TPSA) is 123 Å². The molecule has 13 heteroatoms. The van der Waals surface area contributed by atoms with Gasteiger partial charge in [-0.1, -0.05) is 0 Å². The predicted molar refractivity (Wildman–Crippen MR) is 100 cm³/mol. The van der Waals surface area contributed by atoms with Crippen LogP contribution in [0.1, 0.15) is 19.8 Å². The molecule has 0 bridgehead atoms.